The molecular formula is C13H19FN+. The molecule has 0 spiro atoms. The first-order valence-electron chi connectivity index (χ1n) is 5.92. The van der Waals surface area contributed by atoms with Crippen LogP contribution >= 0.6 is 0 Å². The van der Waals surface area contributed by atoms with E-state index < -0.39 is 0 Å². The van der Waals surface area contributed by atoms with Gasteiger partial charge in [0, 0.05) is 5.56 Å². The van der Waals surface area contributed by atoms with Crippen molar-refractivity contribution >= 4 is 0 Å². The molecule has 0 unspecified atom stereocenters. The van der Waals surface area contributed by atoms with Gasteiger partial charge in [-0.3, -0.25) is 0 Å². The topological polar surface area (TPSA) is 16.6 Å². The minimum atomic E-state index is -0.142. The fourth-order valence-corrected chi connectivity index (χ4v) is 2.29. The van der Waals surface area contributed by atoms with Crippen molar-refractivity contribution < 1.29 is 9.71 Å². The van der Waals surface area contributed by atoms with Gasteiger partial charge in [-0.1, -0.05) is 18.6 Å². The zero-order chi connectivity index (χ0) is 10.5. The molecule has 0 amide bonds. The number of benzene rings is 1. The van der Waals surface area contributed by atoms with Gasteiger partial charge in [0.1, 0.15) is 12.4 Å². The Balaban J connectivity index is 1.79. The van der Waals surface area contributed by atoms with E-state index in [1.807, 2.05) is 12.1 Å². The maximum absolute atomic E-state index is 12.7. The Hall–Kier alpha value is -0.890. The molecule has 0 radical (unpaired) electrons. The first-order valence-corrected chi connectivity index (χ1v) is 5.92. The summed E-state index contributed by atoms with van der Waals surface area (Å²) in [5.41, 5.74) is 1.22. The number of hydrogen-bond acceptors (Lipinski definition) is 0. The number of halogens is 1. The molecule has 1 aliphatic carbocycles. The van der Waals surface area contributed by atoms with Crippen molar-refractivity contribution in [3.05, 3.63) is 35.6 Å². The zero-order valence-electron chi connectivity index (χ0n) is 9.08. The van der Waals surface area contributed by atoms with Gasteiger partial charge in [0.2, 0.25) is 0 Å². The van der Waals surface area contributed by atoms with Crippen molar-refractivity contribution in [1.29, 1.82) is 0 Å². The van der Waals surface area contributed by atoms with Crippen molar-refractivity contribution in [2.24, 2.45) is 0 Å². The van der Waals surface area contributed by atoms with E-state index in [0.29, 0.717) is 0 Å². The second-order valence-electron chi connectivity index (χ2n) is 4.46. The van der Waals surface area contributed by atoms with Crippen LogP contribution in [0.3, 0.4) is 0 Å². The van der Waals surface area contributed by atoms with Crippen molar-refractivity contribution in [2.45, 2.75) is 44.7 Å². The highest BCUT2D eigenvalue weighted by Gasteiger charge is 2.15. The number of hydrogen-bond donors (Lipinski definition) is 1. The van der Waals surface area contributed by atoms with E-state index >= 15 is 0 Å². The molecule has 2 N–H and O–H groups in total. The minimum absolute atomic E-state index is 0.142. The summed E-state index contributed by atoms with van der Waals surface area (Å²) >= 11 is 0. The Morgan fingerprint density at radius 1 is 1.07 bits per heavy atom. The van der Waals surface area contributed by atoms with Crippen LogP contribution < -0.4 is 5.32 Å². The third kappa shape index (κ3) is 3.31. The molecule has 1 fully saturated rings. The maximum Gasteiger partial charge on any atom is 0.123 e. The van der Waals surface area contributed by atoms with E-state index in [0.717, 1.165) is 12.6 Å². The Kier molecular flexibility index (Phi) is 3.73. The van der Waals surface area contributed by atoms with Gasteiger partial charge in [-0.05, 0) is 37.8 Å². The summed E-state index contributed by atoms with van der Waals surface area (Å²) in [6.07, 6.45) is 6.86. The first-order chi connectivity index (χ1) is 7.34. The molecule has 2 heteroatoms. The monoisotopic (exact) mass is 208 g/mol. The fourth-order valence-electron chi connectivity index (χ4n) is 2.29. The average Bonchev–Trinajstić information content (AvgIpc) is 2.30. The lowest BCUT2D eigenvalue weighted by molar-refractivity contribution is -0.706. The van der Waals surface area contributed by atoms with Crippen LogP contribution in [0.2, 0.25) is 0 Å². The average molecular weight is 208 g/mol. The van der Waals surface area contributed by atoms with E-state index in [9.17, 15) is 4.39 Å². The van der Waals surface area contributed by atoms with E-state index in [-0.39, 0.29) is 5.82 Å². The summed E-state index contributed by atoms with van der Waals surface area (Å²) < 4.78 is 12.7. The lowest BCUT2D eigenvalue weighted by Gasteiger charge is -2.19. The Labute approximate surface area is 90.7 Å². The highest BCUT2D eigenvalue weighted by molar-refractivity contribution is 5.14. The second-order valence-corrected chi connectivity index (χ2v) is 4.46. The predicted octanol–water partition coefficient (Wildman–Crippen LogP) is 2.22. The maximum atomic E-state index is 12.7. The molecule has 2 rings (SSSR count). The summed E-state index contributed by atoms with van der Waals surface area (Å²) in [4.78, 5) is 0. The number of quaternary nitrogens is 1. The van der Waals surface area contributed by atoms with Crippen LogP contribution in [0.1, 0.15) is 37.7 Å². The Bertz CT molecular complexity index is 288. The van der Waals surface area contributed by atoms with Gasteiger partial charge < -0.3 is 5.32 Å². The minimum Gasteiger partial charge on any atom is -0.340 e. The standard InChI is InChI=1S/C13H18FN/c14-12-8-6-11(7-9-12)10-15-13-4-2-1-3-5-13/h6-9,13,15H,1-5,10H2/p+1. The molecule has 0 atom stereocenters. The smallest absolute Gasteiger partial charge is 0.123 e. The fraction of sp³-hybridized carbons (Fsp3) is 0.538. The number of rotatable bonds is 3. The van der Waals surface area contributed by atoms with Gasteiger partial charge in [0.25, 0.3) is 0 Å². The van der Waals surface area contributed by atoms with Crippen LogP contribution in [-0.4, -0.2) is 6.04 Å². The van der Waals surface area contributed by atoms with Crippen LogP contribution in [0, 0.1) is 5.82 Å². The molecule has 0 aliphatic heterocycles. The molecule has 0 heterocycles. The highest BCUT2D eigenvalue weighted by atomic mass is 19.1. The van der Waals surface area contributed by atoms with Crippen LogP contribution in [-0.2, 0) is 6.54 Å². The predicted molar refractivity (Wildman–Crippen MR) is 58.9 cm³/mol. The van der Waals surface area contributed by atoms with E-state index in [1.165, 1.54) is 37.7 Å². The first kappa shape index (κ1) is 10.6. The summed E-state index contributed by atoms with van der Waals surface area (Å²) in [7, 11) is 0. The molecule has 0 bridgehead atoms. The van der Waals surface area contributed by atoms with Gasteiger partial charge in [0.15, 0.2) is 0 Å². The molecule has 1 nitrogen and oxygen atoms in total. The Morgan fingerprint density at radius 2 is 1.73 bits per heavy atom. The molecule has 15 heavy (non-hydrogen) atoms. The van der Waals surface area contributed by atoms with E-state index in [1.54, 1.807) is 12.1 Å². The van der Waals surface area contributed by atoms with Gasteiger partial charge in [-0.15, -0.1) is 0 Å². The van der Waals surface area contributed by atoms with Crippen molar-refractivity contribution in [3.63, 3.8) is 0 Å². The molecular weight excluding hydrogens is 189 g/mol. The Morgan fingerprint density at radius 3 is 2.40 bits per heavy atom. The second kappa shape index (κ2) is 5.26. The zero-order valence-corrected chi connectivity index (χ0v) is 9.08. The van der Waals surface area contributed by atoms with Gasteiger partial charge in [-0.2, -0.15) is 0 Å². The third-order valence-electron chi connectivity index (χ3n) is 3.25. The van der Waals surface area contributed by atoms with Crippen LogP contribution in [0.5, 0.6) is 0 Å². The van der Waals surface area contributed by atoms with Crippen molar-refractivity contribution in [3.8, 4) is 0 Å². The lowest BCUT2D eigenvalue weighted by atomic mass is 9.95. The van der Waals surface area contributed by atoms with Crippen LogP contribution in [0.4, 0.5) is 4.39 Å². The van der Waals surface area contributed by atoms with Gasteiger partial charge >= 0.3 is 0 Å². The SMILES string of the molecule is Fc1ccc(C[NH2+]C2CCCCC2)cc1. The lowest BCUT2D eigenvalue weighted by Crippen LogP contribution is -2.88. The molecule has 1 saturated carbocycles. The van der Waals surface area contributed by atoms with Gasteiger partial charge in [-0.25, -0.2) is 4.39 Å². The largest absolute Gasteiger partial charge is 0.340 e. The van der Waals surface area contributed by atoms with Crippen molar-refractivity contribution in [1.82, 2.24) is 0 Å². The van der Waals surface area contributed by atoms with Crippen LogP contribution in [0.15, 0.2) is 24.3 Å². The molecule has 0 aromatic heterocycles. The summed E-state index contributed by atoms with van der Waals surface area (Å²) in [5.74, 6) is -0.142. The van der Waals surface area contributed by atoms with Gasteiger partial charge in [0.05, 0.1) is 6.04 Å². The molecule has 1 aromatic rings. The molecule has 0 saturated heterocycles. The molecule has 82 valence electrons. The summed E-state index contributed by atoms with van der Waals surface area (Å²) in [6.45, 7) is 0.991. The molecule has 1 aliphatic rings. The summed E-state index contributed by atoms with van der Waals surface area (Å²) in [5, 5.41) is 2.41. The summed E-state index contributed by atoms with van der Waals surface area (Å²) in [6, 6.07) is 7.65. The van der Waals surface area contributed by atoms with E-state index in [4.69, 9.17) is 0 Å². The number of nitrogens with two attached hydrogens (primary N) is 1. The normalized spacial score (nSPS) is 17.9. The quantitative estimate of drug-likeness (QED) is 0.784. The van der Waals surface area contributed by atoms with Crippen LogP contribution in [0.25, 0.3) is 0 Å². The van der Waals surface area contributed by atoms with Crippen molar-refractivity contribution in [2.75, 3.05) is 0 Å². The third-order valence-corrected chi connectivity index (χ3v) is 3.25. The highest BCUT2D eigenvalue weighted by Crippen LogP contribution is 2.14. The van der Waals surface area contributed by atoms with E-state index in [2.05, 4.69) is 5.32 Å². The molecule has 1 aromatic carbocycles.